The van der Waals surface area contributed by atoms with Crippen LogP contribution in [0.15, 0.2) is 73.7 Å². The highest BCUT2D eigenvalue weighted by atomic mass is 15.0. The van der Waals surface area contributed by atoms with Gasteiger partial charge in [-0.2, -0.15) is 0 Å². The zero-order valence-corrected chi connectivity index (χ0v) is 14.7. The molecule has 0 fully saturated rings. The summed E-state index contributed by atoms with van der Waals surface area (Å²) in [6.07, 6.45) is 8.59. The summed E-state index contributed by atoms with van der Waals surface area (Å²) in [5.74, 6) is 0.613. The van der Waals surface area contributed by atoms with Crippen LogP contribution in [0.3, 0.4) is 0 Å². The second-order valence-corrected chi connectivity index (χ2v) is 6.37. The van der Waals surface area contributed by atoms with E-state index in [0.717, 1.165) is 28.9 Å². The normalized spacial score (nSPS) is 13.7. The predicted molar refractivity (Wildman–Crippen MR) is 104 cm³/mol. The van der Waals surface area contributed by atoms with Crippen LogP contribution in [0.25, 0.3) is 11.3 Å². The molecular formula is C22H20N4. The van der Waals surface area contributed by atoms with Gasteiger partial charge in [0.15, 0.2) is 5.82 Å². The second kappa shape index (κ2) is 6.92. The Bertz CT molecular complexity index is 959. The van der Waals surface area contributed by atoms with Crippen molar-refractivity contribution in [3.8, 4) is 0 Å². The molecule has 0 aliphatic heterocycles. The number of nitrogens with one attached hydrogen (secondary N) is 1. The van der Waals surface area contributed by atoms with Crippen LogP contribution in [0.4, 0.5) is 0 Å². The summed E-state index contributed by atoms with van der Waals surface area (Å²) in [6, 6.07) is 14.5. The van der Waals surface area contributed by atoms with Crippen molar-refractivity contribution in [2.75, 3.05) is 0 Å². The average Bonchev–Trinajstić information content (AvgIpc) is 3.13. The Balaban J connectivity index is 1.49. The van der Waals surface area contributed by atoms with Crippen LogP contribution in [0.1, 0.15) is 41.2 Å². The fraction of sp³-hybridized carbons (Fsp3) is 0.136. The van der Waals surface area contributed by atoms with Crippen molar-refractivity contribution in [1.29, 1.82) is 0 Å². The maximum atomic E-state index is 4.51. The molecule has 0 saturated heterocycles. The predicted octanol–water partition coefficient (Wildman–Crippen LogP) is 4.18. The molecule has 1 atom stereocenters. The molecule has 3 aromatic rings. The highest BCUT2D eigenvalue weighted by molar-refractivity contribution is 5.83. The van der Waals surface area contributed by atoms with Gasteiger partial charge in [0.2, 0.25) is 0 Å². The number of nitrogens with zero attached hydrogens (tertiary/aromatic N) is 3. The van der Waals surface area contributed by atoms with E-state index in [1.807, 2.05) is 42.9 Å². The number of pyridine rings is 1. The van der Waals surface area contributed by atoms with Gasteiger partial charge in [0, 0.05) is 42.2 Å². The van der Waals surface area contributed by atoms with E-state index in [0.29, 0.717) is 5.82 Å². The first kappa shape index (κ1) is 16.2. The number of fused-ring (bicyclic) bond motifs is 1. The first-order valence-electron chi connectivity index (χ1n) is 8.70. The lowest BCUT2D eigenvalue weighted by Crippen LogP contribution is -2.18. The third kappa shape index (κ3) is 3.14. The Morgan fingerprint density at radius 2 is 1.81 bits per heavy atom. The first-order valence-corrected chi connectivity index (χ1v) is 8.70. The molecule has 4 nitrogen and oxygen atoms in total. The summed E-state index contributed by atoms with van der Waals surface area (Å²) in [4.78, 5) is 13.4. The standard InChI is InChI=1S/C22H20N4/c1-15(17-7-4-3-5-8-17)26-16(2)22-24-13-18(14-25-22)19-10-11-21-20(19)9-6-12-23-21/h3-10,12-15,26H,2,11H2,1H3/t15-/m0/s1. The van der Waals surface area contributed by atoms with Gasteiger partial charge in [-0.3, -0.25) is 4.98 Å². The van der Waals surface area contributed by atoms with Crippen molar-refractivity contribution in [3.63, 3.8) is 0 Å². The number of benzene rings is 1. The van der Waals surface area contributed by atoms with Gasteiger partial charge in [0.25, 0.3) is 0 Å². The van der Waals surface area contributed by atoms with E-state index < -0.39 is 0 Å². The zero-order chi connectivity index (χ0) is 17.9. The first-order chi connectivity index (χ1) is 12.7. The molecule has 4 rings (SSSR count). The van der Waals surface area contributed by atoms with Crippen molar-refractivity contribution < 1.29 is 0 Å². The van der Waals surface area contributed by atoms with E-state index in [4.69, 9.17) is 0 Å². The van der Waals surface area contributed by atoms with Crippen molar-refractivity contribution >= 4 is 11.3 Å². The van der Waals surface area contributed by atoms with Crippen molar-refractivity contribution in [2.24, 2.45) is 0 Å². The van der Waals surface area contributed by atoms with E-state index in [2.05, 4.69) is 58.0 Å². The molecule has 1 aromatic carbocycles. The van der Waals surface area contributed by atoms with E-state index in [1.54, 1.807) is 0 Å². The minimum atomic E-state index is 0.141. The number of rotatable bonds is 5. The maximum absolute atomic E-state index is 4.51. The zero-order valence-electron chi connectivity index (χ0n) is 14.7. The van der Waals surface area contributed by atoms with Gasteiger partial charge in [-0.1, -0.05) is 49.1 Å². The van der Waals surface area contributed by atoms with Gasteiger partial charge in [-0.15, -0.1) is 0 Å². The van der Waals surface area contributed by atoms with Gasteiger partial charge < -0.3 is 5.32 Å². The number of aromatic nitrogens is 3. The minimum Gasteiger partial charge on any atom is -0.376 e. The van der Waals surface area contributed by atoms with Crippen LogP contribution in [0.2, 0.25) is 0 Å². The quantitative estimate of drug-likeness (QED) is 0.757. The second-order valence-electron chi connectivity index (χ2n) is 6.37. The highest BCUT2D eigenvalue weighted by Gasteiger charge is 2.17. The fourth-order valence-electron chi connectivity index (χ4n) is 3.20. The Morgan fingerprint density at radius 1 is 1.04 bits per heavy atom. The summed E-state index contributed by atoms with van der Waals surface area (Å²) >= 11 is 0. The van der Waals surface area contributed by atoms with E-state index in [1.165, 1.54) is 11.1 Å². The monoisotopic (exact) mass is 340 g/mol. The Labute approximate surface area is 153 Å². The van der Waals surface area contributed by atoms with Crippen molar-refractivity contribution in [1.82, 2.24) is 20.3 Å². The Kier molecular flexibility index (Phi) is 4.32. The van der Waals surface area contributed by atoms with Gasteiger partial charge in [-0.25, -0.2) is 9.97 Å². The molecule has 0 amide bonds. The van der Waals surface area contributed by atoms with E-state index >= 15 is 0 Å². The number of hydrogen-bond acceptors (Lipinski definition) is 4. The lowest BCUT2D eigenvalue weighted by Gasteiger charge is -2.16. The molecule has 4 heteroatoms. The van der Waals surface area contributed by atoms with Gasteiger partial charge >= 0.3 is 0 Å². The third-order valence-electron chi connectivity index (χ3n) is 4.60. The van der Waals surface area contributed by atoms with Gasteiger partial charge in [0.1, 0.15) is 0 Å². The molecule has 2 heterocycles. The topological polar surface area (TPSA) is 50.7 Å². The molecule has 1 N–H and O–H groups in total. The summed E-state index contributed by atoms with van der Waals surface area (Å²) < 4.78 is 0. The fourth-order valence-corrected chi connectivity index (χ4v) is 3.20. The largest absolute Gasteiger partial charge is 0.376 e. The molecule has 128 valence electrons. The summed E-state index contributed by atoms with van der Waals surface area (Å²) in [6.45, 7) is 6.19. The lowest BCUT2D eigenvalue weighted by molar-refractivity contribution is 0.696. The molecule has 1 aliphatic rings. The van der Waals surface area contributed by atoms with Crippen LogP contribution in [0.5, 0.6) is 0 Å². The molecular weight excluding hydrogens is 320 g/mol. The molecule has 2 aromatic heterocycles. The van der Waals surface area contributed by atoms with Crippen LogP contribution >= 0.6 is 0 Å². The van der Waals surface area contributed by atoms with Crippen LogP contribution in [-0.2, 0) is 6.42 Å². The average molecular weight is 340 g/mol. The van der Waals surface area contributed by atoms with Crippen LogP contribution in [-0.4, -0.2) is 15.0 Å². The van der Waals surface area contributed by atoms with Gasteiger partial charge in [0.05, 0.1) is 11.4 Å². The van der Waals surface area contributed by atoms with Crippen molar-refractivity contribution in [3.05, 3.63) is 102 Å². The minimum absolute atomic E-state index is 0.141. The van der Waals surface area contributed by atoms with Crippen LogP contribution in [0, 0.1) is 0 Å². The summed E-state index contributed by atoms with van der Waals surface area (Å²) in [5.41, 5.74) is 6.34. The van der Waals surface area contributed by atoms with E-state index in [-0.39, 0.29) is 6.04 Å². The molecule has 0 bridgehead atoms. The summed E-state index contributed by atoms with van der Waals surface area (Å²) in [5, 5.41) is 3.37. The number of hydrogen-bond donors (Lipinski definition) is 1. The summed E-state index contributed by atoms with van der Waals surface area (Å²) in [7, 11) is 0. The third-order valence-corrected chi connectivity index (χ3v) is 4.60. The molecule has 0 spiro atoms. The number of allylic oxidation sites excluding steroid dienone is 1. The molecule has 0 saturated carbocycles. The molecule has 0 unspecified atom stereocenters. The molecule has 1 aliphatic carbocycles. The molecule has 0 radical (unpaired) electrons. The molecule has 26 heavy (non-hydrogen) atoms. The Morgan fingerprint density at radius 3 is 2.58 bits per heavy atom. The van der Waals surface area contributed by atoms with E-state index in [9.17, 15) is 0 Å². The lowest BCUT2D eigenvalue weighted by atomic mass is 10.0. The smallest absolute Gasteiger partial charge is 0.174 e. The van der Waals surface area contributed by atoms with Crippen molar-refractivity contribution in [2.45, 2.75) is 19.4 Å². The van der Waals surface area contributed by atoms with Crippen LogP contribution < -0.4 is 5.32 Å². The maximum Gasteiger partial charge on any atom is 0.174 e. The SMILES string of the molecule is C=C(N[C@@H](C)c1ccccc1)c1ncc(C2=CCc3ncccc32)cn1. The Hall–Kier alpha value is -3.27. The highest BCUT2D eigenvalue weighted by Crippen LogP contribution is 2.30. The van der Waals surface area contributed by atoms with Gasteiger partial charge in [-0.05, 0) is 24.1 Å².